The molecular weight excluding hydrogens is 677 g/mol. The zero-order chi connectivity index (χ0) is 37.0. The van der Waals surface area contributed by atoms with Gasteiger partial charge in [0.15, 0.2) is 0 Å². The van der Waals surface area contributed by atoms with E-state index in [0.29, 0.717) is 0 Å². The third-order valence-electron chi connectivity index (χ3n) is 11.3. The van der Waals surface area contributed by atoms with Crippen LogP contribution < -0.4 is 0 Å². The lowest BCUT2D eigenvalue weighted by Gasteiger charge is -2.14. The topological polar surface area (TPSA) is 9.86 Å². The quantitative estimate of drug-likeness (QED) is 0.162. The molecule has 0 fully saturated rings. The molecule has 0 radical (unpaired) electrons. The first-order valence-electron chi connectivity index (χ1n) is 19.3. The molecule has 0 unspecified atom stereocenters. The minimum Gasteiger partial charge on any atom is -0.309 e. The summed E-state index contributed by atoms with van der Waals surface area (Å²) in [5, 5.41) is 4.97. The Bertz CT molecular complexity index is 3240. The van der Waals surface area contributed by atoms with Gasteiger partial charge < -0.3 is 9.13 Å². The van der Waals surface area contributed by atoms with Crippen LogP contribution in [0.4, 0.5) is 0 Å². The zero-order valence-corrected chi connectivity index (χ0v) is 30.7. The molecule has 0 atom stereocenters. The predicted molar refractivity (Wildman–Crippen MR) is 237 cm³/mol. The molecule has 0 aliphatic heterocycles. The Kier molecular flexibility index (Phi) is 7.53. The summed E-state index contributed by atoms with van der Waals surface area (Å²) in [5.74, 6) is 0. The molecule has 11 rings (SSSR count). The maximum atomic E-state index is 2.49. The van der Waals surface area contributed by atoms with E-state index in [9.17, 15) is 0 Å². The van der Waals surface area contributed by atoms with Crippen molar-refractivity contribution >= 4 is 43.6 Å². The van der Waals surface area contributed by atoms with Crippen LogP contribution >= 0.6 is 0 Å². The number of nitrogens with zero attached hydrogens (tertiary/aromatic N) is 2. The van der Waals surface area contributed by atoms with Crippen LogP contribution in [0.1, 0.15) is 0 Å². The molecule has 56 heavy (non-hydrogen) atoms. The summed E-state index contributed by atoms with van der Waals surface area (Å²) in [5.41, 5.74) is 16.8. The molecule has 0 spiro atoms. The molecule has 0 aliphatic rings. The summed E-state index contributed by atoms with van der Waals surface area (Å²) in [6.07, 6.45) is 0. The van der Waals surface area contributed by atoms with Gasteiger partial charge in [0.2, 0.25) is 0 Å². The summed E-state index contributed by atoms with van der Waals surface area (Å²) in [6, 6.07) is 79.3. The van der Waals surface area contributed by atoms with Crippen LogP contribution in [0.25, 0.3) is 99.5 Å². The Hall–Kier alpha value is -7.42. The number of benzene rings is 9. The number of rotatable bonds is 6. The van der Waals surface area contributed by atoms with Crippen molar-refractivity contribution in [1.29, 1.82) is 0 Å². The highest BCUT2D eigenvalue weighted by Crippen LogP contribution is 2.44. The Morgan fingerprint density at radius 2 is 0.714 bits per heavy atom. The second-order valence-corrected chi connectivity index (χ2v) is 14.5. The summed E-state index contributed by atoms with van der Waals surface area (Å²) in [4.78, 5) is 0. The molecule has 0 bridgehead atoms. The number of aromatic nitrogens is 2. The lowest BCUT2D eigenvalue weighted by atomic mass is 9.92. The van der Waals surface area contributed by atoms with Gasteiger partial charge in [0.05, 0.1) is 27.8 Å². The third-order valence-corrected chi connectivity index (χ3v) is 11.3. The van der Waals surface area contributed by atoms with Crippen molar-refractivity contribution in [2.24, 2.45) is 0 Å². The van der Waals surface area contributed by atoms with Crippen molar-refractivity contribution in [3.63, 3.8) is 0 Å². The smallest absolute Gasteiger partial charge is 0.0562 e. The fourth-order valence-electron chi connectivity index (χ4n) is 8.89. The fourth-order valence-corrected chi connectivity index (χ4v) is 8.89. The van der Waals surface area contributed by atoms with Gasteiger partial charge in [-0.15, -0.1) is 0 Å². The minimum atomic E-state index is 1.14. The van der Waals surface area contributed by atoms with Gasteiger partial charge in [-0.3, -0.25) is 0 Å². The molecule has 0 amide bonds. The number of hydrogen-bond donors (Lipinski definition) is 0. The van der Waals surface area contributed by atoms with Crippen molar-refractivity contribution in [3.05, 3.63) is 218 Å². The predicted octanol–water partition coefficient (Wildman–Crippen LogP) is 14.5. The normalized spacial score (nSPS) is 11.6. The van der Waals surface area contributed by atoms with Crippen LogP contribution in [0.5, 0.6) is 0 Å². The number of fused-ring (bicyclic) bond motifs is 6. The SMILES string of the molecule is c1ccc(-c2cccc(-c3cccc(-n4c5ccccc5c5c(-n6c7ccccc7c7c(-c8ccccc8-c8ccccc8)cccc76)cccc54)c3)c2)cc1. The van der Waals surface area contributed by atoms with Crippen molar-refractivity contribution in [2.45, 2.75) is 0 Å². The average molecular weight is 713 g/mol. The van der Waals surface area contributed by atoms with E-state index in [0.717, 1.165) is 5.69 Å². The molecule has 2 heteroatoms. The monoisotopic (exact) mass is 712 g/mol. The number of para-hydroxylation sites is 2. The van der Waals surface area contributed by atoms with Crippen molar-refractivity contribution in [2.75, 3.05) is 0 Å². The van der Waals surface area contributed by atoms with E-state index < -0.39 is 0 Å². The minimum absolute atomic E-state index is 1.14. The summed E-state index contributed by atoms with van der Waals surface area (Å²) >= 11 is 0. The standard InChI is InChI=1S/C54H36N2/c1-3-17-37(18-4-1)39-21-13-22-40(35-39)41-23-14-24-42(36-41)55-48-30-11-10-28-47(48)54-51(55)33-16-34-52(54)56-49-31-12-9-27-46(49)53-45(29-15-32-50(53)56)44-26-8-7-25-43(44)38-19-5-2-6-20-38/h1-36H. The largest absolute Gasteiger partial charge is 0.309 e. The van der Waals surface area contributed by atoms with Crippen molar-refractivity contribution < 1.29 is 0 Å². The first-order valence-corrected chi connectivity index (χ1v) is 19.3. The van der Waals surface area contributed by atoms with E-state index in [-0.39, 0.29) is 0 Å². The Balaban J connectivity index is 1.14. The molecular formula is C54H36N2. The van der Waals surface area contributed by atoms with E-state index in [2.05, 4.69) is 228 Å². The van der Waals surface area contributed by atoms with Gasteiger partial charge in [-0.1, -0.05) is 170 Å². The maximum absolute atomic E-state index is 2.49. The molecule has 0 N–H and O–H groups in total. The lowest BCUT2D eigenvalue weighted by Crippen LogP contribution is -1.97. The van der Waals surface area contributed by atoms with Gasteiger partial charge >= 0.3 is 0 Å². The van der Waals surface area contributed by atoms with Crippen molar-refractivity contribution in [1.82, 2.24) is 9.13 Å². The van der Waals surface area contributed by atoms with Gasteiger partial charge in [0.1, 0.15) is 0 Å². The van der Waals surface area contributed by atoms with Crippen LogP contribution in [0.2, 0.25) is 0 Å². The third kappa shape index (κ3) is 5.11. The second kappa shape index (κ2) is 13.2. The van der Waals surface area contributed by atoms with E-state index in [1.807, 2.05) is 0 Å². The van der Waals surface area contributed by atoms with E-state index in [4.69, 9.17) is 0 Å². The zero-order valence-electron chi connectivity index (χ0n) is 30.7. The first-order chi connectivity index (χ1) is 27.8. The molecule has 2 nitrogen and oxygen atoms in total. The van der Waals surface area contributed by atoms with Gasteiger partial charge in [-0.05, 0) is 93.0 Å². The Labute approximate surface area is 325 Å². The highest BCUT2D eigenvalue weighted by Gasteiger charge is 2.22. The molecule has 262 valence electrons. The van der Waals surface area contributed by atoms with Crippen LogP contribution in [-0.2, 0) is 0 Å². The van der Waals surface area contributed by atoms with E-state index in [1.54, 1.807) is 0 Å². The fraction of sp³-hybridized carbons (Fsp3) is 0. The van der Waals surface area contributed by atoms with Gasteiger partial charge in [-0.2, -0.15) is 0 Å². The Morgan fingerprint density at radius 3 is 1.46 bits per heavy atom. The molecule has 2 aromatic heterocycles. The number of hydrogen-bond acceptors (Lipinski definition) is 0. The van der Waals surface area contributed by atoms with E-state index >= 15 is 0 Å². The molecule has 9 aromatic carbocycles. The van der Waals surface area contributed by atoms with E-state index in [1.165, 1.54) is 93.8 Å². The molecule has 11 aromatic rings. The molecule has 0 saturated heterocycles. The van der Waals surface area contributed by atoms with Crippen molar-refractivity contribution in [3.8, 4) is 55.9 Å². The highest BCUT2D eigenvalue weighted by atomic mass is 15.0. The Morgan fingerprint density at radius 1 is 0.250 bits per heavy atom. The van der Waals surface area contributed by atoms with Crippen LogP contribution in [-0.4, -0.2) is 9.13 Å². The van der Waals surface area contributed by atoms with Gasteiger partial charge in [0, 0.05) is 27.2 Å². The highest BCUT2D eigenvalue weighted by molar-refractivity contribution is 6.19. The average Bonchev–Trinajstić information content (AvgIpc) is 3.80. The van der Waals surface area contributed by atoms with Crippen LogP contribution in [0.3, 0.4) is 0 Å². The molecule has 0 aliphatic carbocycles. The molecule has 0 saturated carbocycles. The summed E-state index contributed by atoms with van der Waals surface area (Å²) in [7, 11) is 0. The van der Waals surface area contributed by atoms with Gasteiger partial charge in [-0.25, -0.2) is 0 Å². The maximum Gasteiger partial charge on any atom is 0.0562 e. The van der Waals surface area contributed by atoms with Crippen LogP contribution in [0.15, 0.2) is 218 Å². The first kappa shape index (κ1) is 32.0. The summed E-state index contributed by atoms with van der Waals surface area (Å²) < 4.78 is 4.93. The van der Waals surface area contributed by atoms with Crippen LogP contribution in [0, 0.1) is 0 Å². The summed E-state index contributed by atoms with van der Waals surface area (Å²) in [6.45, 7) is 0. The molecule has 2 heterocycles. The van der Waals surface area contributed by atoms with Gasteiger partial charge in [0.25, 0.3) is 0 Å². The second-order valence-electron chi connectivity index (χ2n) is 14.5. The lowest BCUT2D eigenvalue weighted by molar-refractivity contribution is 1.17.